The first-order valence-corrected chi connectivity index (χ1v) is 8.56. The van der Waals surface area contributed by atoms with Crippen molar-refractivity contribution in [1.82, 2.24) is 9.78 Å². The second-order valence-electron chi connectivity index (χ2n) is 4.43. The van der Waals surface area contributed by atoms with Crippen LogP contribution in [-0.2, 0) is 16.7 Å². The second-order valence-corrected chi connectivity index (χ2v) is 6.70. The van der Waals surface area contributed by atoms with Crippen molar-refractivity contribution < 1.29 is 17.9 Å². The van der Waals surface area contributed by atoms with E-state index >= 15 is 0 Å². The zero-order chi connectivity index (χ0) is 16.9. The zero-order valence-corrected chi connectivity index (χ0v) is 14.2. The predicted octanol–water partition coefficient (Wildman–Crippen LogP) is 2.41. The van der Waals surface area contributed by atoms with Crippen molar-refractivity contribution in [3.8, 4) is 0 Å². The number of hydrogen-bond acceptors (Lipinski definition) is 5. The fourth-order valence-electron chi connectivity index (χ4n) is 1.57. The van der Waals surface area contributed by atoms with Gasteiger partial charge in [0.15, 0.2) is 0 Å². The molecule has 0 aliphatic heterocycles. The lowest BCUT2D eigenvalue weighted by Gasteiger charge is -2.04. The molecular formula is C12H14BrN3O5S. The number of nitro benzene ring substituents is 1. The van der Waals surface area contributed by atoms with Gasteiger partial charge in [0.05, 0.1) is 17.7 Å². The Labute approximate surface area is 135 Å². The van der Waals surface area contributed by atoms with E-state index in [2.05, 4.69) is 21.0 Å². The number of nitro groups is 1. The molecule has 0 fully saturated rings. The lowest BCUT2D eigenvalue weighted by atomic mass is 10.2. The topological polar surface area (TPSA) is 115 Å². The normalized spacial score (nSPS) is 10.7. The van der Waals surface area contributed by atoms with E-state index in [1.54, 1.807) is 16.8 Å². The van der Waals surface area contributed by atoms with E-state index in [0.717, 1.165) is 15.9 Å². The number of nitrogens with zero attached hydrogens (tertiary/aromatic N) is 3. The van der Waals surface area contributed by atoms with E-state index in [4.69, 9.17) is 4.55 Å². The minimum absolute atomic E-state index is 0.103. The average molecular weight is 392 g/mol. The first-order valence-electron chi connectivity index (χ1n) is 5.92. The van der Waals surface area contributed by atoms with Crippen LogP contribution in [0.1, 0.15) is 11.3 Å². The summed E-state index contributed by atoms with van der Waals surface area (Å²) >= 11 is 3.29. The van der Waals surface area contributed by atoms with Gasteiger partial charge in [-0.3, -0.25) is 19.3 Å². The molecule has 8 nitrogen and oxygen atoms in total. The van der Waals surface area contributed by atoms with Crippen LogP contribution in [0.2, 0.25) is 0 Å². The first kappa shape index (κ1) is 18.3. The smallest absolute Gasteiger partial charge is 0.269 e. The predicted molar refractivity (Wildman–Crippen MR) is 84.3 cm³/mol. The number of aromatic nitrogens is 2. The molecule has 0 aliphatic carbocycles. The summed E-state index contributed by atoms with van der Waals surface area (Å²) in [5.41, 5.74) is 1.97. The van der Waals surface area contributed by atoms with Gasteiger partial charge in [0.2, 0.25) is 0 Å². The molecule has 1 heterocycles. The van der Waals surface area contributed by atoms with Crippen LogP contribution in [0.25, 0.3) is 0 Å². The van der Waals surface area contributed by atoms with Gasteiger partial charge < -0.3 is 0 Å². The number of rotatable bonds is 3. The summed E-state index contributed by atoms with van der Waals surface area (Å²) in [6.45, 7) is 2.47. The minimum Gasteiger partial charge on any atom is -0.286 e. The Kier molecular flexibility index (Phi) is 6.21. The molecule has 0 bridgehead atoms. The van der Waals surface area contributed by atoms with Crippen molar-refractivity contribution in [3.05, 3.63) is 56.3 Å². The van der Waals surface area contributed by atoms with Crippen LogP contribution in [0.4, 0.5) is 5.69 Å². The van der Waals surface area contributed by atoms with Gasteiger partial charge in [0.25, 0.3) is 15.8 Å². The molecule has 0 saturated heterocycles. The van der Waals surface area contributed by atoms with E-state index in [9.17, 15) is 18.5 Å². The van der Waals surface area contributed by atoms with Gasteiger partial charge >= 0.3 is 0 Å². The fraction of sp³-hybridized carbons (Fsp3) is 0.250. The number of non-ortho nitro benzene ring substituents is 1. The van der Waals surface area contributed by atoms with Gasteiger partial charge in [0, 0.05) is 17.8 Å². The van der Waals surface area contributed by atoms with Crippen molar-refractivity contribution in [2.75, 3.05) is 6.26 Å². The molecule has 10 heteroatoms. The van der Waals surface area contributed by atoms with E-state index in [1.807, 2.05) is 19.1 Å². The molecule has 1 aromatic carbocycles. The summed E-state index contributed by atoms with van der Waals surface area (Å²) in [5.74, 6) is 0. The largest absolute Gasteiger partial charge is 0.286 e. The molecule has 0 amide bonds. The summed E-state index contributed by atoms with van der Waals surface area (Å²) in [5, 5.41) is 14.9. The second kappa shape index (κ2) is 7.47. The molecule has 1 aromatic heterocycles. The van der Waals surface area contributed by atoms with Crippen molar-refractivity contribution >= 4 is 31.7 Å². The number of benzene rings is 1. The summed E-state index contributed by atoms with van der Waals surface area (Å²) in [7, 11) is -3.67. The maximum atomic E-state index is 10.7. The fourth-order valence-corrected chi connectivity index (χ4v) is 2.09. The number of halogens is 1. The molecule has 2 aromatic rings. The standard InChI is InChI=1S/C11H10BrN3O2.CH4O3S/c1-8-5-11(12)13-14(8)7-9-3-2-4-10(6-9)15(16)17;1-5(2,3)4/h2-6H,7H2,1H3;1H3,(H,2,3,4). The summed E-state index contributed by atoms with van der Waals surface area (Å²) < 4.78 is 28.4. The summed E-state index contributed by atoms with van der Waals surface area (Å²) in [4.78, 5) is 10.3. The van der Waals surface area contributed by atoms with Gasteiger partial charge in [-0.1, -0.05) is 12.1 Å². The van der Waals surface area contributed by atoms with Crippen molar-refractivity contribution in [2.45, 2.75) is 13.5 Å². The van der Waals surface area contributed by atoms with Crippen LogP contribution in [0.5, 0.6) is 0 Å². The number of aryl methyl sites for hydroxylation is 1. The Morgan fingerprint density at radius 3 is 2.45 bits per heavy atom. The Morgan fingerprint density at radius 1 is 1.41 bits per heavy atom. The van der Waals surface area contributed by atoms with Crippen LogP contribution in [-0.4, -0.2) is 33.9 Å². The highest BCUT2D eigenvalue weighted by atomic mass is 79.9. The maximum absolute atomic E-state index is 10.7. The highest BCUT2D eigenvalue weighted by molar-refractivity contribution is 9.10. The maximum Gasteiger partial charge on any atom is 0.269 e. The molecule has 1 N–H and O–H groups in total. The molecule has 0 unspecified atom stereocenters. The minimum atomic E-state index is -3.67. The highest BCUT2D eigenvalue weighted by Crippen LogP contribution is 2.16. The van der Waals surface area contributed by atoms with Gasteiger partial charge in [-0.25, -0.2) is 0 Å². The Balaban J connectivity index is 0.000000422. The molecule has 0 radical (unpaired) electrons. The third kappa shape index (κ3) is 6.78. The lowest BCUT2D eigenvalue weighted by Crippen LogP contribution is -2.04. The SMILES string of the molecule is CS(=O)(=O)O.Cc1cc(Br)nn1Cc1cccc([N+](=O)[O-])c1. The van der Waals surface area contributed by atoms with Crippen LogP contribution < -0.4 is 0 Å². The van der Waals surface area contributed by atoms with Crippen molar-refractivity contribution in [3.63, 3.8) is 0 Å². The van der Waals surface area contributed by atoms with Gasteiger partial charge in [-0.05, 0) is 34.5 Å². The molecule has 2 rings (SSSR count). The Hall–Kier alpha value is -1.78. The summed E-state index contributed by atoms with van der Waals surface area (Å²) in [6, 6.07) is 8.48. The molecule has 120 valence electrons. The quantitative estimate of drug-likeness (QED) is 0.487. The van der Waals surface area contributed by atoms with Crippen LogP contribution in [0, 0.1) is 17.0 Å². The van der Waals surface area contributed by atoms with E-state index < -0.39 is 15.0 Å². The monoisotopic (exact) mass is 391 g/mol. The van der Waals surface area contributed by atoms with E-state index in [0.29, 0.717) is 12.8 Å². The average Bonchev–Trinajstić information content (AvgIpc) is 2.66. The molecule has 0 saturated carbocycles. The zero-order valence-electron chi connectivity index (χ0n) is 11.8. The third-order valence-electron chi connectivity index (χ3n) is 2.41. The molecule has 22 heavy (non-hydrogen) atoms. The summed E-state index contributed by atoms with van der Waals surface area (Å²) in [6.07, 6.45) is 0.715. The van der Waals surface area contributed by atoms with Crippen LogP contribution >= 0.6 is 15.9 Å². The van der Waals surface area contributed by atoms with Gasteiger partial charge in [-0.2, -0.15) is 13.5 Å². The molecule has 0 aliphatic rings. The highest BCUT2D eigenvalue weighted by Gasteiger charge is 2.07. The number of hydrogen-bond donors (Lipinski definition) is 1. The van der Waals surface area contributed by atoms with Gasteiger partial charge in [0.1, 0.15) is 4.60 Å². The van der Waals surface area contributed by atoms with Gasteiger partial charge in [-0.15, -0.1) is 0 Å². The first-order chi connectivity index (χ1) is 10.1. The van der Waals surface area contributed by atoms with Crippen molar-refractivity contribution in [2.24, 2.45) is 0 Å². The molecule has 0 spiro atoms. The van der Waals surface area contributed by atoms with Crippen LogP contribution in [0.3, 0.4) is 0 Å². The Bertz CT molecular complexity index is 765. The van der Waals surface area contributed by atoms with E-state index in [1.165, 1.54) is 6.07 Å². The van der Waals surface area contributed by atoms with E-state index in [-0.39, 0.29) is 5.69 Å². The third-order valence-corrected chi connectivity index (χ3v) is 2.79. The van der Waals surface area contributed by atoms with Crippen LogP contribution in [0.15, 0.2) is 34.9 Å². The molecule has 0 atom stereocenters. The Morgan fingerprint density at radius 2 is 2.00 bits per heavy atom. The lowest BCUT2D eigenvalue weighted by molar-refractivity contribution is -0.384. The molecular weight excluding hydrogens is 378 g/mol. The van der Waals surface area contributed by atoms with Crippen molar-refractivity contribution in [1.29, 1.82) is 0 Å².